The van der Waals surface area contributed by atoms with Crippen LogP contribution in [0.4, 0.5) is 0 Å². The third-order valence-electron chi connectivity index (χ3n) is 3.64. The zero-order valence-electron chi connectivity index (χ0n) is 12.5. The molecule has 1 aliphatic heterocycles. The lowest BCUT2D eigenvalue weighted by Gasteiger charge is -2.10. The van der Waals surface area contributed by atoms with E-state index in [-0.39, 0.29) is 5.91 Å². The van der Waals surface area contributed by atoms with Gasteiger partial charge in [0.15, 0.2) is 0 Å². The molecule has 1 aliphatic rings. The predicted octanol–water partition coefficient (Wildman–Crippen LogP) is 2.65. The summed E-state index contributed by atoms with van der Waals surface area (Å²) in [6.07, 6.45) is 6.30. The maximum atomic E-state index is 11.9. The summed E-state index contributed by atoms with van der Waals surface area (Å²) in [5.74, 6) is 0.705. The van der Waals surface area contributed by atoms with Crippen LogP contribution in [0.5, 0.6) is 5.75 Å². The minimum absolute atomic E-state index is 0.0309. The Kier molecular flexibility index (Phi) is 3.94. The molecule has 0 aliphatic carbocycles. The average Bonchev–Trinajstić information content (AvgIpc) is 3.08. The van der Waals surface area contributed by atoms with Gasteiger partial charge in [-0.15, -0.1) is 0 Å². The fourth-order valence-corrected chi connectivity index (χ4v) is 2.71. The Bertz CT molecular complexity index is 752. The molecule has 0 saturated carbocycles. The number of hydrogen-bond donors (Lipinski definition) is 1. The van der Waals surface area contributed by atoms with Crippen LogP contribution in [-0.2, 0) is 4.79 Å². The molecule has 3 rings (SSSR count). The van der Waals surface area contributed by atoms with Crippen LogP contribution in [0.1, 0.15) is 17.7 Å². The van der Waals surface area contributed by atoms with E-state index in [0.717, 1.165) is 28.3 Å². The van der Waals surface area contributed by atoms with Gasteiger partial charge in [0.1, 0.15) is 5.75 Å². The van der Waals surface area contributed by atoms with Crippen LogP contribution in [0.3, 0.4) is 0 Å². The van der Waals surface area contributed by atoms with Gasteiger partial charge in [-0.05, 0) is 37.1 Å². The molecular weight excluding hydrogens is 298 g/mol. The summed E-state index contributed by atoms with van der Waals surface area (Å²) in [6.45, 7) is 2.59. The van der Waals surface area contributed by atoms with Crippen LogP contribution in [-0.4, -0.2) is 33.4 Å². The highest BCUT2D eigenvalue weighted by molar-refractivity contribution is 7.78. The van der Waals surface area contributed by atoms with E-state index in [1.165, 1.54) is 4.31 Å². The highest BCUT2D eigenvalue weighted by Gasteiger charge is 2.23. The highest BCUT2D eigenvalue weighted by Crippen LogP contribution is 2.27. The number of thiol groups is 1. The van der Waals surface area contributed by atoms with E-state index in [2.05, 4.69) is 17.8 Å². The highest BCUT2D eigenvalue weighted by atomic mass is 32.1. The zero-order valence-corrected chi connectivity index (χ0v) is 13.4. The summed E-state index contributed by atoms with van der Waals surface area (Å²) in [5.41, 5.74) is 3.56. The Hall–Kier alpha value is -2.21. The van der Waals surface area contributed by atoms with Gasteiger partial charge < -0.3 is 9.30 Å². The molecule has 0 unspecified atom stereocenters. The Morgan fingerprint density at radius 2 is 2.23 bits per heavy atom. The molecule has 0 atom stereocenters. The lowest BCUT2D eigenvalue weighted by Crippen LogP contribution is -2.12. The standard InChI is InChI=1S/C16H17N3O2S/c1-11-9-18(10-17-11)14-4-3-12(8-15(14)21-2)7-13-5-6-19(22)16(13)20/h3-4,7-10,22H,5-6H2,1-2H3/b13-7+. The van der Waals surface area contributed by atoms with E-state index in [4.69, 9.17) is 4.74 Å². The molecule has 0 N–H and O–H groups in total. The lowest BCUT2D eigenvalue weighted by molar-refractivity contribution is -0.120. The third kappa shape index (κ3) is 2.74. The van der Waals surface area contributed by atoms with Crippen molar-refractivity contribution in [2.24, 2.45) is 0 Å². The fourth-order valence-electron chi connectivity index (χ4n) is 2.49. The Labute approximate surface area is 134 Å². The van der Waals surface area contributed by atoms with Crippen LogP contribution in [0.25, 0.3) is 11.8 Å². The van der Waals surface area contributed by atoms with Crippen molar-refractivity contribution in [1.29, 1.82) is 0 Å². The number of nitrogens with zero attached hydrogens (tertiary/aromatic N) is 3. The number of aryl methyl sites for hydroxylation is 1. The van der Waals surface area contributed by atoms with E-state index >= 15 is 0 Å². The number of carbonyl (C=O) groups is 1. The first-order chi connectivity index (χ1) is 10.6. The number of imidazole rings is 1. The van der Waals surface area contributed by atoms with E-state index in [1.54, 1.807) is 13.4 Å². The molecule has 1 saturated heterocycles. The summed E-state index contributed by atoms with van der Waals surface area (Å²) < 4.78 is 8.83. The van der Waals surface area contributed by atoms with Gasteiger partial charge in [-0.1, -0.05) is 18.9 Å². The maximum Gasteiger partial charge on any atom is 0.259 e. The van der Waals surface area contributed by atoms with Gasteiger partial charge in [0.25, 0.3) is 5.91 Å². The van der Waals surface area contributed by atoms with Crippen molar-refractivity contribution in [3.63, 3.8) is 0 Å². The normalized spacial score (nSPS) is 16.6. The number of amides is 1. The molecule has 22 heavy (non-hydrogen) atoms. The van der Waals surface area contributed by atoms with Gasteiger partial charge in [0.05, 0.1) is 24.8 Å². The monoisotopic (exact) mass is 315 g/mol. The van der Waals surface area contributed by atoms with E-state index in [9.17, 15) is 4.79 Å². The molecule has 0 bridgehead atoms. The molecular formula is C16H17N3O2S. The Morgan fingerprint density at radius 3 is 2.82 bits per heavy atom. The molecule has 6 heteroatoms. The second-order valence-electron chi connectivity index (χ2n) is 5.20. The summed E-state index contributed by atoms with van der Waals surface area (Å²) in [6, 6.07) is 5.85. The molecule has 5 nitrogen and oxygen atoms in total. The number of methoxy groups -OCH3 is 1. The molecule has 114 valence electrons. The molecule has 1 fully saturated rings. The molecule has 0 spiro atoms. The number of aromatic nitrogens is 2. The zero-order chi connectivity index (χ0) is 15.7. The summed E-state index contributed by atoms with van der Waals surface area (Å²) in [5, 5.41) is 0. The van der Waals surface area contributed by atoms with Crippen molar-refractivity contribution < 1.29 is 9.53 Å². The number of ether oxygens (including phenoxy) is 1. The minimum Gasteiger partial charge on any atom is -0.495 e. The largest absolute Gasteiger partial charge is 0.495 e. The van der Waals surface area contributed by atoms with Crippen LogP contribution >= 0.6 is 12.8 Å². The maximum absolute atomic E-state index is 11.9. The smallest absolute Gasteiger partial charge is 0.259 e. The fraction of sp³-hybridized carbons (Fsp3) is 0.250. The first-order valence-corrected chi connectivity index (χ1v) is 7.39. The average molecular weight is 315 g/mol. The van der Waals surface area contributed by atoms with Crippen molar-refractivity contribution in [3.8, 4) is 11.4 Å². The van der Waals surface area contributed by atoms with E-state index in [1.807, 2.05) is 42.0 Å². The first-order valence-electron chi connectivity index (χ1n) is 6.99. The predicted molar refractivity (Wildman–Crippen MR) is 88.1 cm³/mol. The third-order valence-corrected chi connectivity index (χ3v) is 4.02. The van der Waals surface area contributed by atoms with Crippen molar-refractivity contribution in [2.45, 2.75) is 13.3 Å². The molecule has 1 aromatic heterocycles. The molecule has 1 amide bonds. The topological polar surface area (TPSA) is 47.4 Å². The first kappa shape index (κ1) is 14.7. The number of rotatable bonds is 3. The van der Waals surface area contributed by atoms with Gasteiger partial charge in [-0.25, -0.2) is 4.98 Å². The summed E-state index contributed by atoms with van der Waals surface area (Å²) in [4.78, 5) is 16.1. The number of benzene rings is 1. The molecule has 0 radical (unpaired) electrons. The van der Waals surface area contributed by atoms with Crippen molar-refractivity contribution in [2.75, 3.05) is 13.7 Å². The van der Waals surface area contributed by atoms with E-state index in [0.29, 0.717) is 13.0 Å². The van der Waals surface area contributed by atoms with E-state index < -0.39 is 0 Å². The van der Waals surface area contributed by atoms with Crippen molar-refractivity contribution in [3.05, 3.63) is 47.6 Å². The Balaban J connectivity index is 1.96. The second-order valence-corrected chi connectivity index (χ2v) is 5.68. The molecule has 1 aromatic carbocycles. The van der Waals surface area contributed by atoms with Crippen molar-refractivity contribution >= 4 is 24.8 Å². The minimum atomic E-state index is -0.0309. The van der Waals surface area contributed by atoms with Gasteiger partial charge in [0.2, 0.25) is 0 Å². The van der Waals surface area contributed by atoms with Crippen molar-refractivity contribution in [1.82, 2.24) is 13.9 Å². The van der Waals surface area contributed by atoms with Gasteiger partial charge in [-0.3, -0.25) is 9.10 Å². The van der Waals surface area contributed by atoms with Gasteiger partial charge >= 0.3 is 0 Å². The van der Waals surface area contributed by atoms with Crippen LogP contribution in [0.2, 0.25) is 0 Å². The summed E-state index contributed by atoms with van der Waals surface area (Å²) in [7, 11) is 1.63. The SMILES string of the molecule is COc1cc(/C=C2\CCN(S)C2=O)ccc1-n1cnc(C)c1. The Morgan fingerprint density at radius 1 is 1.41 bits per heavy atom. The van der Waals surface area contributed by atoms with Crippen LogP contribution in [0, 0.1) is 6.92 Å². The lowest BCUT2D eigenvalue weighted by atomic mass is 10.1. The number of carbonyl (C=O) groups excluding carboxylic acids is 1. The molecule has 2 aromatic rings. The van der Waals surface area contributed by atoms with Gasteiger partial charge in [-0.2, -0.15) is 0 Å². The van der Waals surface area contributed by atoms with Crippen LogP contribution < -0.4 is 4.74 Å². The number of hydrogen-bond acceptors (Lipinski definition) is 4. The molecule has 2 heterocycles. The van der Waals surface area contributed by atoms with Gasteiger partial charge in [0, 0.05) is 18.3 Å². The second kappa shape index (κ2) is 5.88. The van der Waals surface area contributed by atoms with Crippen LogP contribution in [0.15, 0.2) is 36.3 Å². The quantitative estimate of drug-likeness (QED) is 0.700. The summed E-state index contributed by atoms with van der Waals surface area (Å²) >= 11 is 4.13.